The van der Waals surface area contributed by atoms with Gasteiger partial charge in [-0.3, -0.25) is 9.52 Å². The van der Waals surface area contributed by atoms with E-state index in [1.54, 1.807) is 0 Å². The lowest BCUT2D eigenvalue weighted by Gasteiger charge is -2.19. The minimum Gasteiger partial charge on any atom is -0.486 e. The fourth-order valence-corrected chi connectivity index (χ4v) is 4.27. The molecule has 4 rings (SSSR count). The third kappa shape index (κ3) is 6.08. The number of sulfonamides is 1. The van der Waals surface area contributed by atoms with E-state index in [1.807, 2.05) is 0 Å². The van der Waals surface area contributed by atoms with Crippen molar-refractivity contribution in [2.45, 2.75) is 11.5 Å². The van der Waals surface area contributed by atoms with Crippen LogP contribution in [0.15, 0.2) is 71.6 Å². The topological polar surface area (TPSA) is 117 Å². The first-order valence-electron chi connectivity index (χ1n) is 10.5. The molecule has 0 amide bonds. The maximum absolute atomic E-state index is 12.7. The Morgan fingerprint density at radius 1 is 0.889 bits per heavy atom. The highest BCUT2D eigenvalue weighted by Crippen LogP contribution is 2.32. The Bertz CT molecular complexity index is 1360. The lowest BCUT2D eigenvalue weighted by molar-refractivity contribution is -0.0498. The van der Waals surface area contributed by atoms with Gasteiger partial charge in [0, 0.05) is 17.3 Å². The van der Waals surface area contributed by atoms with E-state index in [4.69, 9.17) is 14.2 Å². The Kier molecular flexibility index (Phi) is 7.34. The van der Waals surface area contributed by atoms with Crippen LogP contribution in [0.3, 0.4) is 0 Å². The van der Waals surface area contributed by atoms with Crippen LogP contribution < -0.4 is 18.9 Å². The van der Waals surface area contributed by atoms with Gasteiger partial charge < -0.3 is 18.9 Å². The molecule has 0 fully saturated rings. The standard InChI is InChI=1S/C24H19F2NO8S/c25-24(26)35-18-7-3-15(4-8-18)20(28)14-34-23(29)16-1-5-17(6-2-16)27-36(30,31)19-9-10-21-22(13-19)33-12-11-32-21/h1-10,13,24,27H,11-12,14H2. The summed E-state index contributed by atoms with van der Waals surface area (Å²) in [6.07, 6.45) is 0. The van der Waals surface area contributed by atoms with Crippen LogP contribution in [0.5, 0.6) is 17.2 Å². The maximum atomic E-state index is 12.7. The molecule has 3 aromatic rings. The zero-order valence-electron chi connectivity index (χ0n) is 18.5. The van der Waals surface area contributed by atoms with Crippen molar-refractivity contribution in [3.05, 3.63) is 77.9 Å². The Hall–Kier alpha value is -4.19. The molecule has 188 valence electrons. The number of hydrogen-bond acceptors (Lipinski definition) is 8. The van der Waals surface area contributed by atoms with Gasteiger partial charge in [-0.1, -0.05) is 0 Å². The lowest BCUT2D eigenvalue weighted by Crippen LogP contribution is -2.17. The summed E-state index contributed by atoms with van der Waals surface area (Å²) in [4.78, 5) is 24.4. The van der Waals surface area contributed by atoms with Gasteiger partial charge in [0.25, 0.3) is 10.0 Å². The van der Waals surface area contributed by atoms with Crippen LogP contribution in [-0.2, 0) is 14.8 Å². The molecule has 0 aromatic heterocycles. The second-order valence-electron chi connectivity index (χ2n) is 7.39. The van der Waals surface area contributed by atoms with Crippen molar-refractivity contribution >= 4 is 27.5 Å². The van der Waals surface area contributed by atoms with Gasteiger partial charge in [-0.15, -0.1) is 0 Å². The number of anilines is 1. The number of benzene rings is 3. The van der Waals surface area contributed by atoms with E-state index in [0.29, 0.717) is 24.7 Å². The number of fused-ring (bicyclic) bond motifs is 1. The molecular formula is C24H19F2NO8S. The average Bonchev–Trinajstić information content (AvgIpc) is 2.87. The number of ether oxygens (including phenoxy) is 4. The van der Waals surface area contributed by atoms with Crippen LogP contribution in [0.25, 0.3) is 0 Å². The van der Waals surface area contributed by atoms with E-state index in [0.717, 1.165) is 0 Å². The molecular weight excluding hydrogens is 500 g/mol. The first kappa shape index (κ1) is 24.9. The summed E-state index contributed by atoms with van der Waals surface area (Å²) >= 11 is 0. The monoisotopic (exact) mass is 519 g/mol. The zero-order chi connectivity index (χ0) is 25.7. The van der Waals surface area contributed by atoms with Gasteiger partial charge in [-0.05, 0) is 60.7 Å². The van der Waals surface area contributed by atoms with Gasteiger partial charge in [0.1, 0.15) is 19.0 Å². The van der Waals surface area contributed by atoms with Crippen molar-refractivity contribution < 1.29 is 45.7 Å². The Labute approximate surface area is 204 Å². The third-order valence-electron chi connectivity index (χ3n) is 4.93. The summed E-state index contributed by atoms with van der Waals surface area (Å²) in [5.74, 6) is -0.672. The molecule has 1 N–H and O–H groups in total. The first-order chi connectivity index (χ1) is 17.2. The zero-order valence-corrected chi connectivity index (χ0v) is 19.3. The number of esters is 1. The quantitative estimate of drug-likeness (QED) is 0.334. The number of Topliss-reactive ketones (excluding diaryl/α,β-unsaturated/α-hetero) is 1. The molecule has 0 radical (unpaired) electrons. The van der Waals surface area contributed by atoms with Crippen molar-refractivity contribution in [2.75, 3.05) is 24.5 Å². The first-order valence-corrected chi connectivity index (χ1v) is 12.0. The largest absolute Gasteiger partial charge is 0.486 e. The van der Waals surface area contributed by atoms with Crippen LogP contribution in [0.4, 0.5) is 14.5 Å². The van der Waals surface area contributed by atoms with E-state index >= 15 is 0 Å². The maximum Gasteiger partial charge on any atom is 0.387 e. The Morgan fingerprint density at radius 2 is 1.53 bits per heavy atom. The fraction of sp³-hybridized carbons (Fsp3) is 0.167. The van der Waals surface area contributed by atoms with Gasteiger partial charge >= 0.3 is 12.6 Å². The van der Waals surface area contributed by atoms with E-state index in [1.165, 1.54) is 66.7 Å². The second-order valence-corrected chi connectivity index (χ2v) is 9.07. The normalized spacial score (nSPS) is 12.6. The number of rotatable bonds is 9. The van der Waals surface area contributed by atoms with E-state index in [-0.39, 0.29) is 27.5 Å². The number of halogens is 2. The molecule has 0 unspecified atom stereocenters. The van der Waals surface area contributed by atoms with E-state index < -0.39 is 35.0 Å². The molecule has 0 saturated heterocycles. The molecule has 36 heavy (non-hydrogen) atoms. The van der Waals surface area contributed by atoms with Crippen LogP contribution in [-0.4, -0.2) is 46.6 Å². The van der Waals surface area contributed by atoms with Gasteiger partial charge in [-0.2, -0.15) is 8.78 Å². The fourth-order valence-electron chi connectivity index (χ4n) is 3.20. The van der Waals surface area contributed by atoms with Crippen molar-refractivity contribution in [3.8, 4) is 17.2 Å². The van der Waals surface area contributed by atoms with Crippen molar-refractivity contribution in [1.82, 2.24) is 0 Å². The third-order valence-corrected chi connectivity index (χ3v) is 6.31. The van der Waals surface area contributed by atoms with Crippen LogP contribution in [0.1, 0.15) is 20.7 Å². The van der Waals surface area contributed by atoms with Gasteiger partial charge in [0.2, 0.25) is 0 Å². The second kappa shape index (κ2) is 10.6. The molecule has 1 heterocycles. The van der Waals surface area contributed by atoms with Crippen molar-refractivity contribution in [3.63, 3.8) is 0 Å². The minimum absolute atomic E-state index is 0.0254. The highest BCUT2D eigenvalue weighted by Gasteiger charge is 2.20. The highest BCUT2D eigenvalue weighted by atomic mass is 32.2. The predicted molar refractivity (Wildman–Crippen MR) is 122 cm³/mol. The average molecular weight is 519 g/mol. The van der Waals surface area contributed by atoms with E-state index in [9.17, 15) is 26.8 Å². The number of alkyl halides is 2. The predicted octanol–water partition coefficient (Wildman–Crippen LogP) is 3.90. The van der Waals surface area contributed by atoms with Crippen molar-refractivity contribution in [1.29, 1.82) is 0 Å². The number of ketones is 1. The molecule has 0 spiro atoms. The van der Waals surface area contributed by atoms with Crippen LogP contribution >= 0.6 is 0 Å². The molecule has 1 aliphatic heterocycles. The summed E-state index contributed by atoms with van der Waals surface area (Å²) in [7, 11) is -3.94. The summed E-state index contributed by atoms with van der Waals surface area (Å²) < 4.78 is 72.2. The Balaban J connectivity index is 1.34. The number of carbonyl (C=O) groups excluding carboxylic acids is 2. The summed E-state index contributed by atoms with van der Waals surface area (Å²) in [5, 5.41) is 0. The summed E-state index contributed by atoms with van der Waals surface area (Å²) in [6.45, 7) is -2.86. The Morgan fingerprint density at radius 3 is 2.19 bits per heavy atom. The lowest BCUT2D eigenvalue weighted by atomic mass is 10.1. The summed E-state index contributed by atoms with van der Waals surface area (Å²) in [6, 6.07) is 14.6. The molecule has 0 aliphatic carbocycles. The molecule has 0 atom stereocenters. The van der Waals surface area contributed by atoms with Crippen LogP contribution in [0, 0.1) is 0 Å². The highest BCUT2D eigenvalue weighted by molar-refractivity contribution is 7.92. The number of carbonyl (C=O) groups is 2. The molecule has 0 saturated carbocycles. The SMILES string of the molecule is O=C(COC(=O)c1ccc(NS(=O)(=O)c2ccc3c(c2)OCCO3)cc1)c1ccc(OC(F)F)cc1. The molecule has 3 aromatic carbocycles. The summed E-state index contributed by atoms with van der Waals surface area (Å²) in [5.41, 5.74) is 0.433. The van der Waals surface area contributed by atoms with Gasteiger partial charge in [0.15, 0.2) is 23.9 Å². The van der Waals surface area contributed by atoms with Gasteiger partial charge in [0.05, 0.1) is 10.5 Å². The molecule has 12 heteroatoms. The molecule has 0 bridgehead atoms. The molecule has 1 aliphatic rings. The van der Waals surface area contributed by atoms with Crippen LogP contribution in [0.2, 0.25) is 0 Å². The van der Waals surface area contributed by atoms with E-state index in [2.05, 4.69) is 9.46 Å². The smallest absolute Gasteiger partial charge is 0.387 e. The molecule has 9 nitrogen and oxygen atoms in total. The van der Waals surface area contributed by atoms with Gasteiger partial charge in [-0.25, -0.2) is 13.2 Å². The number of hydrogen-bond donors (Lipinski definition) is 1. The number of nitrogens with one attached hydrogen (secondary N) is 1. The minimum atomic E-state index is -3.94. The van der Waals surface area contributed by atoms with Crippen molar-refractivity contribution in [2.24, 2.45) is 0 Å².